The average Bonchev–Trinajstić information content (AvgIpc) is 2.97. The normalized spacial score (nSPS) is 18.7. The van der Waals surface area contributed by atoms with Crippen molar-refractivity contribution in [3.05, 3.63) is 71.3 Å². The van der Waals surface area contributed by atoms with Crippen molar-refractivity contribution in [2.24, 2.45) is 0 Å². The van der Waals surface area contributed by atoms with E-state index in [0.717, 1.165) is 29.0 Å². The van der Waals surface area contributed by atoms with Gasteiger partial charge >= 0.3 is 6.18 Å². The van der Waals surface area contributed by atoms with Gasteiger partial charge in [0.05, 0.1) is 16.8 Å². The molecule has 0 saturated carbocycles. The minimum atomic E-state index is -4.37. The van der Waals surface area contributed by atoms with Crippen molar-refractivity contribution in [2.75, 3.05) is 11.6 Å². The van der Waals surface area contributed by atoms with E-state index >= 15 is 0 Å². The maximum atomic E-state index is 12.9. The number of hydrogen-bond acceptors (Lipinski definition) is 2. The predicted molar refractivity (Wildman–Crippen MR) is 97.9 cm³/mol. The molecule has 1 fully saturated rings. The average molecular weight is 372 g/mol. The summed E-state index contributed by atoms with van der Waals surface area (Å²) in [7, 11) is 0. The summed E-state index contributed by atoms with van der Waals surface area (Å²) in [6.45, 7) is 4.48. The van der Waals surface area contributed by atoms with Crippen LogP contribution in [-0.4, -0.2) is 23.0 Å². The van der Waals surface area contributed by atoms with Gasteiger partial charge in [-0.2, -0.15) is 13.2 Å². The summed E-state index contributed by atoms with van der Waals surface area (Å²) in [6, 6.07) is 12.9. The minimum absolute atomic E-state index is 0.0414. The molecule has 2 aromatic carbocycles. The van der Waals surface area contributed by atoms with Crippen molar-refractivity contribution >= 4 is 17.2 Å². The number of alkyl halides is 3. The Labute approximate surface area is 155 Å². The summed E-state index contributed by atoms with van der Waals surface area (Å²) in [6.07, 6.45) is -1.95. The largest absolute Gasteiger partial charge is 0.416 e. The molecule has 0 aliphatic carbocycles. The van der Waals surface area contributed by atoms with Crippen LogP contribution in [0.15, 0.2) is 54.6 Å². The molecule has 2 aliphatic heterocycles. The van der Waals surface area contributed by atoms with E-state index in [1.54, 1.807) is 5.01 Å². The number of carbonyl (C=O) groups excluding carboxylic acids is 1. The third-order valence-corrected chi connectivity index (χ3v) is 5.05. The second-order valence-electron chi connectivity index (χ2n) is 7.38. The number of hydrogen-bond donors (Lipinski definition) is 0. The first kappa shape index (κ1) is 17.6. The zero-order valence-corrected chi connectivity index (χ0v) is 15.0. The molecule has 2 heterocycles. The molecule has 1 amide bonds. The van der Waals surface area contributed by atoms with Crippen LogP contribution in [0.1, 0.15) is 37.0 Å². The number of halogens is 3. The molecule has 1 saturated heterocycles. The summed E-state index contributed by atoms with van der Waals surface area (Å²) in [5, 5.41) is 3.73. The highest BCUT2D eigenvalue weighted by Gasteiger charge is 2.42. The molecule has 6 heteroatoms. The molecule has 0 aromatic heterocycles. The van der Waals surface area contributed by atoms with Crippen molar-refractivity contribution in [1.82, 2.24) is 5.01 Å². The van der Waals surface area contributed by atoms with Crippen LogP contribution in [-0.2, 0) is 11.0 Å². The van der Waals surface area contributed by atoms with Crippen molar-refractivity contribution in [3.8, 4) is 0 Å². The van der Waals surface area contributed by atoms with Crippen LogP contribution >= 0.6 is 0 Å². The minimum Gasteiger partial charge on any atom is -0.281 e. The van der Waals surface area contributed by atoms with Crippen LogP contribution in [0.4, 0.5) is 18.9 Å². The predicted octanol–water partition coefficient (Wildman–Crippen LogP) is 4.88. The fraction of sp³-hybridized carbons (Fsp3) is 0.286. The lowest BCUT2D eigenvalue weighted by Gasteiger charge is -2.39. The Hall–Kier alpha value is -2.76. The monoisotopic (exact) mass is 372 g/mol. The van der Waals surface area contributed by atoms with Crippen LogP contribution in [0.25, 0.3) is 5.57 Å². The van der Waals surface area contributed by atoms with E-state index in [2.05, 4.69) is 0 Å². The fourth-order valence-corrected chi connectivity index (χ4v) is 3.90. The van der Waals surface area contributed by atoms with Crippen molar-refractivity contribution in [1.29, 1.82) is 0 Å². The number of nitrogens with zero attached hydrogens (tertiary/aromatic N) is 2. The van der Waals surface area contributed by atoms with Gasteiger partial charge in [0.2, 0.25) is 5.91 Å². The van der Waals surface area contributed by atoms with Gasteiger partial charge in [-0.25, -0.2) is 5.01 Å². The first-order valence-electron chi connectivity index (χ1n) is 8.79. The third kappa shape index (κ3) is 2.89. The Morgan fingerprint density at radius 2 is 1.67 bits per heavy atom. The van der Waals surface area contributed by atoms with Gasteiger partial charge in [-0.05, 0) is 49.3 Å². The fourth-order valence-electron chi connectivity index (χ4n) is 3.90. The second-order valence-corrected chi connectivity index (χ2v) is 7.38. The van der Waals surface area contributed by atoms with Crippen LogP contribution in [0.5, 0.6) is 0 Å². The highest BCUT2D eigenvalue weighted by Crippen LogP contribution is 2.42. The van der Waals surface area contributed by atoms with Crippen LogP contribution in [0.3, 0.4) is 0 Å². The molecular weight excluding hydrogens is 353 g/mol. The van der Waals surface area contributed by atoms with E-state index in [4.69, 9.17) is 0 Å². The van der Waals surface area contributed by atoms with Gasteiger partial charge < -0.3 is 0 Å². The molecule has 0 atom stereocenters. The third-order valence-electron chi connectivity index (χ3n) is 5.05. The van der Waals surface area contributed by atoms with Crippen molar-refractivity contribution < 1.29 is 18.0 Å². The van der Waals surface area contributed by atoms with Crippen LogP contribution in [0.2, 0.25) is 0 Å². The number of carbonyl (C=O) groups is 1. The van der Waals surface area contributed by atoms with E-state index in [-0.39, 0.29) is 5.91 Å². The Morgan fingerprint density at radius 1 is 1.00 bits per heavy atom. The van der Waals surface area contributed by atoms with E-state index < -0.39 is 17.3 Å². The quantitative estimate of drug-likeness (QED) is 0.712. The van der Waals surface area contributed by atoms with E-state index in [0.29, 0.717) is 18.5 Å². The number of benzene rings is 2. The molecule has 140 valence electrons. The second kappa shape index (κ2) is 5.87. The van der Waals surface area contributed by atoms with Gasteiger partial charge in [-0.15, -0.1) is 0 Å². The highest BCUT2D eigenvalue weighted by molar-refractivity contribution is 5.92. The Balaban J connectivity index is 1.89. The van der Waals surface area contributed by atoms with E-state index in [1.165, 1.54) is 12.1 Å². The molecule has 0 N–H and O–H groups in total. The summed E-state index contributed by atoms with van der Waals surface area (Å²) >= 11 is 0. The summed E-state index contributed by atoms with van der Waals surface area (Å²) in [5.74, 6) is 0.0414. The van der Waals surface area contributed by atoms with Crippen molar-refractivity contribution in [2.45, 2.75) is 32.0 Å². The van der Waals surface area contributed by atoms with Gasteiger partial charge in [0.25, 0.3) is 0 Å². The molecule has 2 aromatic rings. The van der Waals surface area contributed by atoms with Gasteiger partial charge in [0, 0.05) is 18.5 Å². The zero-order valence-electron chi connectivity index (χ0n) is 15.0. The number of rotatable bonds is 1. The van der Waals surface area contributed by atoms with Crippen LogP contribution < -0.4 is 5.01 Å². The number of amides is 1. The molecule has 2 aliphatic rings. The van der Waals surface area contributed by atoms with Gasteiger partial charge in [-0.3, -0.25) is 9.80 Å². The maximum Gasteiger partial charge on any atom is 0.416 e. The van der Waals surface area contributed by atoms with Crippen molar-refractivity contribution in [3.63, 3.8) is 0 Å². The smallest absolute Gasteiger partial charge is 0.281 e. The van der Waals surface area contributed by atoms with Gasteiger partial charge in [-0.1, -0.05) is 30.3 Å². The number of fused-ring (bicyclic) bond motifs is 3. The van der Waals surface area contributed by atoms with Gasteiger partial charge in [0.1, 0.15) is 0 Å². The van der Waals surface area contributed by atoms with Crippen LogP contribution in [0, 0.1) is 0 Å². The lowest BCUT2D eigenvalue weighted by atomic mass is 9.91. The molecule has 27 heavy (non-hydrogen) atoms. The molecule has 3 nitrogen and oxygen atoms in total. The zero-order chi connectivity index (χ0) is 19.4. The number of anilines is 1. The summed E-state index contributed by atoms with van der Waals surface area (Å²) in [4.78, 5) is 12.5. The summed E-state index contributed by atoms with van der Waals surface area (Å²) < 4.78 is 38.8. The number of hydrazine groups is 1. The lowest BCUT2D eigenvalue weighted by molar-refractivity contribution is -0.137. The summed E-state index contributed by atoms with van der Waals surface area (Å²) in [5.41, 5.74) is 2.03. The maximum absolute atomic E-state index is 12.9. The first-order chi connectivity index (χ1) is 12.7. The highest BCUT2D eigenvalue weighted by atomic mass is 19.4. The lowest BCUT2D eigenvalue weighted by Crippen LogP contribution is -2.51. The molecular formula is C21H19F3N2O. The molecule has 0 spiro atoms. The van der Waals surface area contributed by atoms with E-state index in [9.17, 15) is 18.0 Å². The standard InChI is InChI=1S/C21H19F3N2O/c1-20(2)13-17(14-7-9-15(10-8-14)21(22,23)24)16-5-3-4-6-18(16)25-12-11-19(27)26(20)25/h3-10,13H,11-12H2,1-2H3. The van der Waals surface area contributed by atoms with E-state index in [1.807, 2.05) is 49.2 Å². The van der Waals surface area contributed by atoms with Gasteiger partial charge in [0.15, 0.2) is 0 Å². The Morgan fingerprint density at radius 3 is 2.33 bits per heavy atom. The Kier molecular flexibility index (Phi) is 3.84. The molecule has 4 rings (SSSR count). The molecule has 0 radical (unpaired) electrons. The Bertz CT molecular complexity index is 929. The molecule has 0 unspecified atom stereocenters. The molecule has 0 bridgehead atoms. The number of para-hydroxylation sites is 1. The SMILES string of the molecule is CC1(C)C=C(c2ccc(C(F)(F)F)cc2)c2ccccc2N2CCC(=O)N21. The topological polar surface area (TPSA) is 23.6 Å². The first-order valence-corrected chi connectivity index (χ1v) is 8.79.